The predicted molar refractivity (Wildman–Crippen MR) is 87.6 cm³/mol. The Hall–Kier alpha value is -3.19. The van der Waals surface area contributed by atoms with Crippen molar-refractivity contribution in [2.24, 2.45) is 0 Å². The molecule has 3 rings (SSSR count). The molecule has 1 aromatic carbocycles. The highest BCUT2D eigenvalue weighted by atomic mass is 16.1. The van der Waals surface area contributed by atoms with Gasteiger partial charge in [-0.1, -0.05) is 24.3 Å². The summed E-state index contributed by atoms with van der Waals surface area (Å²) in [7, 11) is 0. The van der Waals surface area contributed by atoms with E-state index in [0.717, 1.165) is 11.3 Å². The number of pyridine rings is 1. The lowest BCUT2D eigenvalue weighted by Crippen LogP contribution is -2.25. The van der Waals surface area contributed by atoms with Crippen LogP contribution in [0.1, 0.15) is 16.1 Å². The molecule has 0 radical (unpaired) electrons. The molecule has 0 fully saturated rings. The van der Waals surface area contributed by atoms with Crippen molar-refractivity contribution in [3.63, 3.8) is 0 Å². The zero-order valence-corrected chi connectivity index (χ0v) is 12.5. The maximum Gasteiger partial charge on any atom is 0.251 e. The second kappa shape index (κ2) is 7.19. The third-order valence-corrected chi connectivity index (χ3v) is 3.32. The van der Waals surface area contributed by atoms with Crippen LogP contribution in [-0.4, -0.2) is 22.4 Å². The molecule has 0 saturated heterocycles. The summed E-state index contributed by atoms with van der Waals surface area (Å²) < 4.78 is 0. The van der Waals surface area contributed by atoms with Crippen LogP contribution in [-0.2, 0) is 6.42 Å². The average Bonchev–Trinajstić information content (AvgIpc) is 2.63. The van der Waals surface area contributed by atoms with Crippen LogP contribution in [0.15, 0.2) is 60.9 Å². The summed E-state index contributed by atoms with van der Waals surface area (Å²) in [5.74, 6) is -0.0791. The fraction of sp³-hybridized carbons (Fsp3) is 0.105. The molecule has 0 aliphatic heterocycles. The average molecular weight is 301 g/mol. The Balaban J connectivity index is 1.60. The first kappa shape index (κ1) is 14.7. The summed E-state index contributed by atoms with van der Waals surface area (Å²) in [5, 5.41) is 2.89. The molecule has 0 spiro atoms. The molecule has 0 bridgehead atoms. The predicted octanol–water partition coefficient (Wildman–Crippen LogP) is 2.72. The summed E-state index contributed by atoms with van der Waals surface area (Å²) in [6, 6.07) is 20.7. The lowest BCUT2D eigenvalue weighted by molar-refractivity contribution is 0.0954. The Morgan fingerprint density at radius 2 is 2.00 bits per heavy atom. The zero-order chi connectivity index (χ0) is 15.9. The van der Waals surface area contributed by atoms with Gasteiger partial charge in [0.2, 0.25) is 0 Å². The molecule has 2 heterocycles. The Kier molecular flexibility index (Phi) is 4.61. The van der Waals surface area contributed by atoms with Crippen LogP contribution in [0.25, 0.3) is 11.3 Å². The van der Waals surface area contributed by atoms with Crippen LogP contribution in [0.2, 0.25) is 0 Å². The van der Waals surface area contributed by atoms with Crippen molar-refractivity contribution in [1.29, 1.82) is 0 Å². The van der Waals surface area contributed by atoms with Crippen molar-refractivity contribution in [3.05, 3.63) is 84.3 Å². The van der Waals surface area contributed by atoms with Crippen LogP contribution < -0.4 is 5.32 Å². The van der Waals surface area contributed by atoms with Gasteiger partial charge in [0.15, 0.2) is 0 Å². The van der Waals surface area contributed by atoms with Crippen molar-refractivity contribution in [2.45, 2.75) is 6.42 Å². The molecule has 4 heteroatoms. The third-order valence-electron chi connectivity index (χ3n) is 3.32. The van der Waals surface area contributed by atoms with Gasteiger partial charge in [-0.2, -0.15) is 0 Å². The van der Waals surface area contributed by atoms with Gasteiger partial charge in [0.05, 0.1) is 5.69 Å². The van der Waals surface area contributed by atoms with Gasteiger partial charge in [0, 0.05) is 42.6 Å². The number of hydrogen-bond acceptors (Lipinski definition) is 3. The highest BCUT2D eigenvalue weighted by molar-refractivity contribution is 5.94. The highest BCUT2D eigenvalue weighted by Gasteiger charge is 2.04. The fourth-order valence-corrected chi connectivity index (χ4v) is 2.15. The molecular formula is C19H15N3O. The van der Waals surface area contributed by atoms with Crippen molar-refractivity contribution >= 4 is 5.91 Å². The molecule has 0 aliphatic carbocycles. The van der Waals surface area contributed by atoms with Crippen LogP contribution in [0.4, 0.5) is 0 Å². The molecule has 1 N–H and O–H groups in total. The van der Waals surface area contributed by atoms with Gasteiger partial charge < -0.3 is 5.32 Å². The summed E-state index contributed by atoms with van der Waals surface area (Å²) in [6.45, 7) is 0.519. The first-order chi connectivity index (χ1) is 11.3. The maximum absolute atomic E-state index is 12.0. The number of rotatable bonds is 5. The number of carbonyl (C=O) groups excluding carboxylic acids is 1. The minimum Gasteiger partial charge on any atom is -0.352 e. The molecule has 112 valence electrons. The van der Waals surface area contributed by atoms with Gasteiger partial charge in [-0.25, -0.2) is 4.98 Å². The molecule has 1 amide bonds. The maximum atomic E-state index is 12.0. The highest BCUT2D eigenvalue weighted by Crippen LogP contribution is 2.12. The molecule has 4 nitrogen and oxygen atoms in total. The van der Waals surface area contributed by atoms with Crippen molar-refractivity contribution in [1.82, 2.24) is 15.3 Å². The molecule has 23 heavy (non-hydrogen) atoms. The summed E-state index contributed by atoms with van der Waals surface area (Å²) in [6.07, 6.45) is 4.10. The lowest BCUT2D eigenvalue weighted by Gasteiger charge is -2.05. The van der Waals surface area contributed by atoms with Crippen LogP contribution in [0.3, 0.4) is 0 Å². The first-order valence-corrected chi connectivity index (χ1v) is 7.36. The lowest BCUT2D eigenvalue weighted by atomic mass is 10.2. The van der Waals surface area contributed by atoms with E-state index in [0.29, 0.717) is 24.2 Å². The van der Waals surface area contributed by atoms with E-state index >= 15 is 0 Å². The Morgan fingerprint density at radius 3 is 2.78 bits per heavy atom. The van der Waals surface area contributed by atoms with Crippen molar-refractivity contribution < 1.29 is 4.79 Å². The van der Waals surface area contributed by atoms with E-state index in [4.69, 9.17) is 0 Å². The van der Waals surface area contributed by atoms with E-state index in [2.05, 4.69) is 27.4 Å². The molecule has 0 aliphatic rings. The van der Waals surface area contributed by atoms with Crippen LogP contribution in [0, 0.1) is 12.1 Å². The Morgan fingerprint density at radius 1 is 1.13 bits per heavy atom. The van der Waals surface area contributed by atoms with Crippen LogP contribution >= 0.6 is 0 Å². The number of benzene rings is 1. The quantitative estimate of drug-likeness (QED) is 0.788. The Labute approximate surface area is 135 Å². The van der Waals surface area contributed by atoms with Gasteiger partial charge in [0.25, 0.3) is 5.91 Å². The molecule has 0 atom stereocenters. The zero-order valence-electron chi connectivity index (χ0n) is 12.5. The second-order valence-corrected chi connectivity index (χ2v) is 4.98. The largest absolute Gasteiger partial charge is 0.352 e. The number of nitrogens with zero attached hydrogens (tertiary/aromatic N) is 2. The summed E-state index contributed by atoms with van der Waals surface area (Å²) in [4.78, 5) is 20.6. The minimum absolute atomic E-state index is 0.0791. The van der Waals surface area contributed by atoms with Gasteiger partial charge in [0.1, 0.15) is 5.69 Å². The first-order valence-electron chi connectivity index (χ1n) is 7.36. The Bertz CT molecular complexity index is 773. The number of hydrogen-bond donors (Lipinski definition) is 1. The smallest absolute Gasteiger partial charge is 0.251 e. The van der Waals surface area contributed by atoms with Crippen molar-refractivity contribution in [2.75, 3.05) is 6.54 Å². The molecule has 0 unspecified atom stereocenters. The van der Waals surface area contributed by atoms with E-state index < -0.39 is 0 Å². The molecule has 0 saturated carbocycles. The number of aromatic nitrogens is 2. The van der Waals surface area contributed by atoms with E-state index in [1.54, 1.807) is 30.6 Å². The molecule has 2 aromatic heterocycles. The molecule has 3 aromatic rings. The van der Waals surface area contributed by atoms with Gasteiger partial charge in [-0.05, 0) is 30.3 Å². The number of nitrogens with one attached hydrogen (secondary N) is 1. The van der Waals surface area contributed by atoms with E-state index in [9.17, 15) is 4.79 Å². The third kappa shape index (κ3) is 3.92. The summed E-state index contributed by atoms with van der Waals surface area (Å²) in [5.41, 5.74) is 3.13. The fourth-order valence-electron chi connectivity index (χ4n) is 2.15. The van der Waals surface area contributed by atoms with E-state index in [-0.39, 0.29) is 5.91 Å². The van der Waals surface area contributed by atoms with Gasteiger partial charge in [-0.15, -0.1) is 0 Å². The normalized spacial score (nSPS) is 9.91. The number of amides is 1. The second-order valence-electron chi connectivity index (χ2n) is 4.98. The molecular weight excluding hydrogens is 286 g/mol. The monoisotopic (exact) mass is 301 g/mol. The van der Waals surface area contributed by atoms with E-state index in [1.807, 2.05) is 30.3 Å². The van der Waals surface area contributed by atoms with Gasteiger partial charge >= 0.3 is 0 Å². The standard InChI is InChI=1S/C19H15N3O/c23-19(15-6-2-1-3-7-15)21-13-11-17-9-4-10-18(22-17)16-8-5-12-20-14-16/h1-3,5-9,12,14H,11,13H2,(H,21,23). The summed E-state index contributed by atoms with van der Waals surface area (Å²) >= 11 is 0. The van der Waals surface area contributed by atoms with Crippen molar-refractivity contribution in [3.8, 4) is 11.3 Å². The van der Waals surface area contributed by atoms with E-state index in [1.165, 1.54) is 0 Å². The topological polar surface area (TPSA) is 54.9 Å². The SMILES string of the molecule is O=C(NCCc1cc#cc(-c2cccnc2)n1)c1ccccc1. The van der Waals surface area contributed by atoms with Gasteiger partial charge in [-0.3, -0.25) is 9.78 Å². The number of carbonyl (C=O) groups is 1. The van der Waals surface area contributed by atoms with Crippen LogP contribution in [0.5, 0.6) is 0 Å². The minimum atomic E-state index is -0.0791.